The van der Waals surface area contributed by atoms with Crippen LogP contribution in [0.3, 0.4) is 0 Å². The number of hydrogen-bond donors (Lipinski definition) is 1. The Hall–Kier alpha value is -1.39. The smallest absolute Gasteiger partial charge is 0.243 e. The van der Waals surface area contributed by atoms with Crippen LogP contribution in [0.4, 0.5) is 0 Å². The van der Waals surface area contributed by atoms with E-state index in [0.29, 0.717) is 13.1 Å². The van der Waals surface area contributed by atoms with Crippen LogP contribution in [0.1, 0.15) is 19.4 Å². The Kier molecular flexibility index (Phi) is 5.01. The molecule has 0 unspecified atom stereocenters. The third-order valence-corrected chi connectivity index (χ3v) is 5.06. The first-order valence-electron chi connectivity index (χ1n) is 6.88. The quantitative estimate of drug-likeness (QED) is 0.820. The van der Waals surface area contributed by atoms with Crippen molar-refractivity contribution in [3.8, 4) is 11.8 Å². The fourth-order valence-corrected chi connectivity index (χ4v) is 3.93. The molecule has 2 rings (SSSR count). The van der Waals surface area contributed by atoms with Gasteiger partial charge in [-0.3, -0.25) is 0 Å². The maximum absolute atomic E-state index is 12.6. The molecular formula is C15H20N2O3S. The molecule has 1 saturated heterocycles. The zero-order valence-electron chi connectivity index (χ0n) is 12.2. The van der Waals surface area contributed by atoms with Crippen LogP contribution in [0, 0.1) is 11.8 Å². The number of hydrogen-bond acceptors (Lipinski definition) is 4. The van der Waals surface area contributed by atoms with Gasteiger partial charge < -0.3 is 10.5 Å². The average Bonchev–Trinajstić information content (AvgIpc) is 2.44. The van der Waals surface area contributed by atoms with Crippen molar-refractivity contribution in [3.05, 3.63) is 29.8 Å². The topological polar surface area (TPSA) is 72.6 Å². The van der Waals surface area contributed by atoms with Crippen molar-refractivity contribution in [2.24, 2.45) is 5.73 Å². The summed E-state index contributed by atoms with van der Waals surface area (Å²) in [6, 6.07) is 6.56. The summed E-state index contributed by atoms with van der Waals surface area (Å²) in [5, 5.41) is 0. The summed E-state index contributed by atoms with van der Waals surface area (Å²) in [5.74, 6) is 5.61. The van der Waals surface area contributed by atoms with Crippen molar-refractivity contribution in [2.75, 3.05) is 19.6 Å². The van der Waals surface area contributed by atoms with E-state index in [-0.39, 0.29) is 23.6 Å². The standard InChI is InChI=1S/C15H20N2O3S/c1-12-10-17(11-13(2)20-12)21(18,19)15-7-5-14(6-8-15)4-3-9-16/h5-8,12-13H,9-11,16H2,1-2H3/t12-,13+. The number of ether oxygens (including phenoxy) is 1. The zero-order valence-corrected chi connectivity index (χ0v) is 13.1. The van der Waals surface area contributed by atoms with Gasteiger partial charge in [0.2, 0.25) is 10.0 Å². The van der Waals surface area contributed by atoms with Crippen LogP contribution >= 0.6 is 0 Å². The highest BCUT2D eigenvalue weighted by atomic mass is 32.2. The molecule has 2 atom stereocenters. The van der Waals surface area contributed by atoms with E-state index in [2.05, 4.69) is 11.8 Å². The highest BCUT2D eigenvalue weighted by Gasteiger charge is 2.31. The highest BCUT2D eigenvalue weighted by Crippen LogP contribution is 2.21. The molecule has 21 heavy (non-hydrogen) atoms. The zero-order chi connectivity index (χ0) is 15.5. The van der Waals surface area contributed by atoms with Crippen molar-refractivity contribution in [1.82, 2.24) is 4.31 Å². The van der Waals surface area contributed by atoms with Gasteiger partial charge in [0.15, 0.2) is 0 Å². The predicted octanol–water partition coefficient (Wildman–Crippen LogP) is 0.795. The number of sulfonamides is 1. The fraction of sp³-hybridized carbons (Fsp3) is 0.467. The molecule has 0 aromatic heterocycles. The van der Waals surface area contributed by atoms with Crippen molar-refractivity contribution in [2.45, 2.75) is 31.0 Å². The lowest BCUT2D eigenvalue weighted by Gasteiger charge is -2.34. The van der Waals surface area contributed by atoms with E-state index in [9.17, 15) is 8.42 Å². The van der Waals surface area contributed by atoms with Gasteiger partial charge in [0.05, 0.1) is 23.6 Å². The minimum Gasteiger partial charge on any atom is -0.373 e. The Bertz CT molecular complexity index is 634. The van der Waals surface area contributed by atoms with Crippen LogP contribution in [0.15, 0.2) is 29.2 Å². The molecule has 1 aromatic rings. The largest absolute Gasteiger partial charge is 0.373 e. The molecule has 1 aromatic carbocycles. The van der Waals surface area contributed by atoms with E-state index in [4.69, 9.17) is 10.5 Å². The second-order valence-electron chi connectivity index (χ2n) is 5.11. The summed E-state index contributed by atoms with van der Waals surface area (Å²) >= 11 is 0. The lowest BCUT2D eigenvalue weighted by Crippen LogP contribution is -2.48. The molecule has 1 fully saturated rings. The van der Waals surface area contributed by atoms with Gasteiger partial charge in [-0.2, -0.15) is 4.31 Å². The molecule has 0 radical (unpaired) electrons. The second-order valence-corrected chi connectivity index (χ2v) is 7.05. The molecule has 0 spiro atoms. The van der Waals surface area contributed by atoms with Gasteiger partial charge in [-0.05, 0) is 38.1 Å². The van der Waals surface area contributed by atoms with E-state index < -0.39 is 10.0 Å². The molecule has 0 saturated carbocycles. The molecule has 1 aliphatic heterocycles. The third kappa shape index (κ3) is 3.83. The Balaban J connectivity index is 2.23. The summed E-state index contributed by atoms with van der Waals surface area (Å²) in [6.45, 7) is 4.79. The minimum absolute atomic E-state index is 0.0989. The number of nitrogens with zero attached hydrogens (tertiary/aromatic N) is 1. The summed E-state index contributed by atoms with van der Waals surface area (Å²) in [5.41, 5.74) is 6.06. The predicted molar refractivity (Wildman–Crippen MR) is 81.1 cm³/mol. The Morgan fingerprint density at radius 2 is 1.81 bits per heavy atom. The summed E-state index contributed by atoms with van der Waals surface area (Å²) < 4.78 is 32.3. The molecule has 6 heteroatoms. The third-order valence-electron chi connectivity index (χ3n) is 3.21. The number of nitrogens with two attached hydrogens (primary N) is 1. The normalized spacial score (nSPS) is 23.4. The second kappa shape index (κ2) is 6.58. The first-order valence-corrected chi connectivity index (χ1v) is 8.32. The molecule has 1 aliphatic rings. The van der Waals surface area contributed by atoms with E-state index in [0.717, 1.165) is 5.56 Å². The van der Waals surface area contributed by atoms with E-state index in [1.807, 2.05) is 13.8 Å². The minimum atomic E-state index is -3.48. The Morgan fingerprint density at radius 1 is 1.24 bits per heavy atom. The molecule has 0 aliphatic carbocycles. The maximum atomic E-state index is 12.6. The van der Waals surface area contributed by atoms with Crippen LogP contribution in [-0.4, -0.2) is 44.6 Å². The van der Waals surface area contributed by atoms with E-state index >= 15 is 0 Å². The van der Waals surface area contributed by atoms with Gasteiger partial charge in [-0.15, -0.1) is 0 Å². The van der Waals surface area contributed by atoms with E-state index in [1.54, 1.807) is 24.3 Å². The van der Waals surface area contributed by atoms with Crippen LogP contribution in [0.2, 0.25) is 0 Å². The first kappa shape index (κ1) is 16.0. The van der Waals surface area contributed by atoms with Gasteiger partial charge >= 0.3 is 0 Å². The lowest BCUT2D eigenvalue weighted by atomic mass is 10.2. The average molecular weight is 308 g/mol. The summed E-state index contributed by atoms with van der Waals surface area (Å²) in [6.07, 6.45) is -0.198. The van der Waals surface area contributed by atoms with Crippen LogP contribution in [0.25, 0.3) is 0 Å². The summed E-state index contributed by atoms with van der Waals surface area (Å²) in [4.78, 5) is 0.280. The molecular weight excluding hydrogens is 288 g/mol. The first-order chi connectivity index (χ1) is 9.93. The maximum Gasteiger partial charge on any atom is 0.243 e. The molecule has 5 nitrogen and oxygen atoms in total. The highest BCUT2D eigenvalue weighted by molar-refractivity contribution is 7.89. The summed E-state index contributed by atoms with van der Waals surface area (Å²) in [7, 11) is -3.48. The van der Waals surface area contributed by atoms with Crippen LogP contribution in [0.5, 0.6) is 0 Å². The van der Waals surface area contributed by atoms with Crippen molar-refractivity contribution >= 4 is 10.0 Å². The van der Waals surface area contributed by atoms with Gasteiger partial charge in [0.25, 0.3) is 0 Å². The monoisotopic (exact) mass is 308 g/mol. The molecule has 0 bridgehead atoms. The van der Waals surface area contributed by atoms with Gasteiger partial charge in [-0.1, -0.05) is 11.8 Å². The molecule has 2 N–H and O–H groups in total. The van der Waals surface area contributed by atoms with Gasteiger partial charge in [0, 0.05) is 18.7 Å². The van der Waals surface area contributed by atoms with Crippen molar-refractivity contribution < 1.29 is 13.2 Å². The lowest BCUT2D eigenvalue weighted by molar-refractivity contribution is -0.0440. The van der Waals surface area contributed by atoms with Crippen LogP contribution in [-0.2, 0) is 14.8 Å². The number of morpholine rings is 1. The fourth-order valence-electron chi connectivity index (χ4n) is 2.34. The van der Waals surface area contributed by atoms with E-state index in [1.165, 1.54) is 4.31 Å². The number of benzene rings is 1. The molecule has 114 valence electrons. The Labute approximate surface area is 126 Å². The number of rotatable bonds is 2. The van der Waals surface area contributed by atoms with Gasteiger partial charge in [0.1, 0.15) is 0 Å². The van der Waals surface area contributed by atoms with Gasteiger partial charge in [-0.25, -0.2) is 8.42 Å². The van der Waals surface area contributed by atoms with Crippen molar-refractivity contribution in [3.63, 3.8) is 0 Å². The molecule has 1 heterocycles. The SMILES string of the molecule is C[C@@H]1CN(S(=O)(=O)c2ccc(C#CCN)cc2)C[C@H](C)O1. The Morgan fingerprint density at radius 3 is 2.33 bits per heavy atom. The van der Waals surface area contributed by atoms with Crippen LogP contribution < -0.4 is 5.73 Å². The van der Waals surface area contributed by atoms with Crippen molar-refractivity contribution in [1.29, 1.82) is 0 Å². The molecule has 0 amide bonds.